The maximum absolute atomic E-state index is 15.6. The maximum atomic E-state index is 15.6. The van der Waals surface area contributed by atoms with Crippen molar-refractivity contribution in [2.24, 2.45) is 5.73 Å². The first-order valence-electron chi connectivity index (χ1n) is 13.2. The molecule has 0 unspecified atom stereocenters. The molecule has 0 aliphatic carbocycles. The van der Waals surface area contributed by atoms with E-state index in [9.17, 15) is 14.0 Å². The molecular formula is C32H28F2N4O5. The quantitative estimate of drug-likeness (QED) is 0.242. The number of pyridine rings is 2. The van der Waals surface area contributed by atoms with Gasteiger partial charge in [0.25, 0.3) is 11.5 Å². The first-order chi connectivity index (χ1) is 20.7. The van der Waals surface area contributed by atoms with Crippen molar-refractivity contribution in [1.29, 1.82) is 0 Å². The molecule has 0 bridgehead atoms. The molecule has 220 valence electrons. The number of amides is 1. The molecule has 0 radical (unpaired) electrons. The normalized spacial score (nSPS) is 11.0. The minimum Gasteiger partial charge on any atom is -0.493 e. The van der Waals surface area contributed by atoms with Gasteiger partial charge in [-0.3, -0.25) is 19.1 Å². The van der Waals surface area contributed by atoms with E-state index in [1.807, 2.05) is 0 Å². The Labute approximate surface area is 245 Å². The van der Waals surface area contributed by atoms with Crippen LogP contribution in [0, 0.1) is 18.6 Å². The molecule has 0 aliphatic rings. The van der Waals surface area contributed by atoms with Crippen LogP contribution in [0.3, 0.4) is 0 Å². The maximum Gasteiger partial charge on any atom is 0.268 e. The van der Waals surface area contributed by atoms with E-state index < -0.39 is 23.1 Å². The number of hydrogen-bond donors (Lipinski definition) is 2. The zero-order valence-electron chi connectivity index (χ0n) is 23.8. The zero-order valence-corrected chi connectivity index (χ0v) is 23.8. The van der Waals surface area contributed by atoms with Gasteiger partial charge in [-0.1, -0.05) is 6.07 Å². The standard InChI is InChI=1S/C32H28F2N4O5/c1-17-24(16-36-2)38(20-8-6-19(33)7-9-20)32(40)30(31(35)39)29(17)18-5-10-26(22(34)13-18)43-25-11-12-37-23-15-28(42-4)27(41-3)14-21(23)25/h5-15,36H,16H2,1-4H3,(H2,35,39). The number of ether oxygens (including phenoxy) is 3. The highest BCUT2D eigenvalue weighted by atomic mass is 19.1. The van der Waals surface area contributed by atoms with E-state index in [-0.39, 0.29) is 29.0 Å². The highest BCUT2D eigenvalue weighted by Crippen LogP contribution is 2.38. The van der Waals surface area contributed by atoms with Crippen LogP contribution in [0.2, 0.25) is 0 Å². The Morgan fingerprint density at radius 1 is 0.953 bits per heavy atom. The van der Waals surface area contributed by atoms with Crippen molar-refractivity contribution in [3.05, 3.63) is 106 Å². The van der Waals surface area contributed by atoms with Crippen molar-refractivity contribution < 1.29 is 27.8 Å². The lowest BCUT2D eigenvalue weighted by molar-refractivity contribution is 0.0999. The summed E-state index contributed by atoms with van der Waals surface area (Å²) in [6.07, 6.45) is 1.53. The highest BCUT2D eigenvalue weighted by Gasteiger charge is 2.25. The number of aromatic nitrogens is 2. The predicted molar refractivity (Wildman–Crippen MR) is 158 cm³/mol. The lowest BCUT2D eigenvalue weighted by atomic mass is 9.93. The highest BCUT2D eigenvalue weighted by molar-refractivity contribution is 6.00. The van der Waals surface area contributed by atoms with E-state index in [0.29, 0.717) is 45.1 Å². The molecule has 0 spiro atoms. The van der Waals surface area contributed by atoms with Crippen LogP contribution in [0.4, 0.5) is 8.78 Å². The van der Waals surface area contributed by atoms with E-state index in [2.05, 4.69) is 10.3 Å². The van der Waals surface area contributed by atoms with Crippen LogP contribution in [0.5, 0.6) is 23.0 Å². The Morgan fingerprint density at radius 2 is 1.65 bits per heavy atom. The Morgan fingerprint density at radius 3 is 2.28 bits per heavy atom. The van der Waals surface area contributed by atoms with Crippen LogP contribution >= 0.6 is 0 Å². The molecule has 5 aromatic rings. The largest absolute Gasteiger partial charge is 0.493 e. The Bertz CT molecular complexity index is 1920. The summed E-state index contributed by atoms with van der Waals surface area (Å²) in [5, 5.41) is 3.58. The van der Waals surface area contributed by atoms with E-state index >= 15 is 4.39 Å². The second-order valence-corrected chi connectivity index (χ2v) is 9.61. The van der Waals surface area contributed by atoms with Gasteiger partial charge in [-0.15, -0.1) is 0 Å². The Hall–Kier alpha value is -5.29. The molecule has 0 saturated heterocycles. The molecule has 5 rings (SSSR count). The third-order valence-corrected chi connectivity index (χ3v) is 7.07. The second kappa shape index (κ2) is 11.9. The first kappa shape index (κ1) is 29.2. The van der Waals surface area contributed by atoms with Crippen LogP contribution in [0.1, 0.15) is 21.6 Å². The lowest BCUT2D eigenvalue weighted by Crippen LogP contribution is -2.34. The van der Waals surface area contributed by atoms with Gasteiger partial charge in [-0.2, -0.15) is 0 Å². The number of fused-ring (bicyclic) bond motifs is 1. The van der Waals surface area contributed by atoms with E-state index in [1.54, 1.807) is 38.2 Å². The summed E-state index contributed by atoms with van der Waals surface area (Å²) in [6.45, 7) is 1.93. The van der Waals surface area contributed by atoms with Crippen LogP contribution in [-0.4, -0.2) is 36.7 Å². The molecule has 0 atom stereocenters. The van der Waals surface area contributed by atoms with Crippen LogP contribution < -0.4 is 30.8 Å². The fourth-order valence-corrected chi connectivity index (χ4v) is 5.07. The van der Waals surface area contributed by atoms with Gasteiger partial charge < -0.3 is 25.3 Å². The molecule has 43 heavy (non-hydrogen) atoms. The molecule has 0 fully saturated rings. The number of primary amides is 1. The smallest absolute Gasteiger partial charge is 0.268 e. The summed E-state index contributed by atoms with van der Waals surface area (Å²) in [5.41, 5.74) is 7.03. The van der Waals surface area contributed by atoms with Crippen LogP contribution in [-0.2, 0) is 6.54 Å². The summed E-state index contributed by atoms with van der Waals surface area (Å²) in [5.74, 6) is -1.05. The molecule has 0 saturated carbocycles. The fourth-order valence-electron chi connectivity index (χ4n) is 5.07. The predicted octanol–water partition coefficient (Wildman–Crippen LogP) is 5.27. The number of nitrogens with two attached hydrogens (primary N) is 1. The zero-order chi connectivity index (χ0) is 30.8. The van der Waals surface area contributed by atoms with E-state index in [4.69, 9.17) is 19.9 Å². The van der Waals surface area contributed by atoms with Crippen molar-refractivity contribution in [3.63, 3.8) is 0 Å². The van der Waals surface area contributed by atoms with Gasteiger partial charge in [0.05, 0.1) is 19.7 Å². The summed E-state index contributed by atoms with van der Waals surface area (Å²) in [6, 6.07) is 14.4. The number of carbonyl (C=O) groups is 1. The molecule has 2 aromatic heterocycles. The third-order valence-electron chi connectivity index (χ3n) is 7.07. The number of rotatable bonds is 9. The van der Waals surface area contributed by atoms with Crippen molar-refractivity contribution in [2.75, 3.05) is 21.3 Å². The molecule has 9 nitrogen and oxygen atoms in total. The molecule has 2 heterocycles. The van der Waals surface area contributed by atoms with Gasteiger partial charge in [0, 0.05) is 41.1 Å². The lowest BCUT2D eigenvalue weighted by Gasteiger charge is -2.21. The fraction of sp³-hybridized carbons (Fsp3) is 0.156. The number of methoxy groups -OCH3 is 2. The van der Waals surface area contributed by atoms with Gasteiger partial charge in [0.2, 0.25) is 0 Å². The Balaban J connectivity index is 1.63. The molecular weight excluding hydrogens is 558 g/mol. The van der Waals surface area contributed by atoms with E-state index in [1.165, 1.54) is 61.4 Å². The van der Waals surface area contributed by atoms with Gasteiger partial charge in [0.15, 0.2) is 23.1 Å². The average molecular weight is 587 g/mol. The monoisotopic (exact) mass is 586 g/mol. The first-order valence-corrected chi connectivity index (χ1v) is 13.2. The topological polar surface area (TPSA) is 118 Å². The number of carbonyl (C=O) groups excluding carboxylic acids is 1. The van der Waals surface area contributed by atoms with Gasteiger partial charge >= 0.3 is 0 Å². The van der Waals surface area contributed by atoms with Gasteiger partial charge in [-0.05, 0) is 73.6 Å². The summed E-state index contributed by atoms with van der Waals surface area (Å²) >= 11 is 0. The van der Waals surface area contributed by atoms with Gasteiger partial charge in [0.1, 0.15) is 17.1 Å². The van der Waals surface area contributed by atoms with Crippen molar-refractivity contribution in [1.82, 2.24) is 14.9 Å². The molecule has 11 heteroatoms. The van der Waals surface area contributed by atoms with Crippen LogP contribution in [0.15, 0.2) is 71.7 Å². The van der Waals surface area contributed by atoms with Crippen molar-refractivity contribution in [2.45, 2.75) is 13.5 Å². The summed E-state index contributed by atoms with van der Waals surface area (Å²) in [4.78, 5) is 30.8. The van der Waals surface area contributed by atoms with E-state index in [0.717, 1.165) is 0 Å². The number of nitrogens with one attached hydrogen (secondary N) is 1. The molecule has 1 amide bonds. The van der Waals surface area contributed by atoms with Crippen molar-refractivity contribution in [3.8, 4) is 39.8 Å². The number of hydrogen-bond acceptors (Lipinski definition) is 7. The SMILES string of the molecule is CNCc1c(C)c(-c2ccc(Oc3ccnc4cc(OC)c(OC)cc34)c(F)c2)c(C(N)=O)c(=O)n1-c1ccc(F)cc1. The average Bonchev–Trinajstić information content (AvgIpc) is 2.99. The third kappa shape index (κ3) is 5.38. The minimum absolute atomic E-state index is 0.0978. The number of benzene rings is 3. The van der Waals surface area contributed by atoms with Crippen LogP contribution in [0.25, 0.3) is 27.7 Å². The second-order valence-electron chi connectivity index (χ2n) is 9.61. The summed E-state index contributed by atoms with van der Waals surface area (Å²) < 4.78 is 47.3. The van der Waals surface area contributed by atoms with Gasteiger partial charge in [-0.25, -0.2) is 8.78 Å². The molecule has 3 N–H and O–H groups in total. The summed E-state index contributed by atoms with van der Waals surface area (Å²) in [7, 11) is 4.71. The molecule has 0 aliphatic heterocycles. The minimum atomic E-state index is -0.983. The van der Waals surface area contributed by atoms with Crippen molar-refractivity contribution >= 4 is 16.8 Å². The number of halogens is 2. The Kier molecular flexibility index (Phi) is 8.09. The number of nitrogens with zero attached hydrogens (tertiary/aromatic N) is 2. The molecule has 3 aromatic carbocycles.